The molecule has 0 radical (unpaired) electrons. The highest BCUT2D eigenvalue weighted by Crippen LogP contribution is 2.28. The van der Waals surface area contributed by atoms with Crippen LogP contribution in [-0.2, 0) is 6.54 Å². The summed E-state index contributed by atoms with van der Waals surface area (Å²) < 4.78 is 7.76. The summed E-state index contributed by atoms with van der Waals surface area (Å²) >= 11 is 0. The molecule has 1 saturated heterocycles. The number of benzene rings is 1. The molecular formula is C23H26N6O2. The van der Waals surface area contributed by atoms with Gasteiger partial charge in [-0.2, -0.15) is 0 Å². The van der Waals surface area contributed by atoms with Crippen molar-refractivity contribution in [2.45, 2.75) is 13.5 Å². The third-order valence-electron chi connectivity index (χ3n) is 5.79. The molecule has 0 unspecified atom stereocenters. The molecule has 31 heavy (non-hydrogen) atoms. The molecule has 5 rings (SSSR count). The Bertz CT molecular complexity index is 1290. The largest absolute Gasteiger partial charge is 0.493 e. The first-order valence-electron chi connectivity index (χ1n) is 10.7. The Morgan fingerprint density at radius 2 is 1.84 bits per heavy atom. The van der Waals surface area contributed by atoms with Gasteiger partial charge in [0.25, 0.3) is 5.56 Å². The van der Waals surface area contributed by atoms with Gasteiger partial charge in [0.1, 0.15) is 17.2 Å². The molecule has 1 aliphatic rings. The summed E-state index contributed by atoms with van der Waals surface area (Å²) in [7, 11) is 2.15. The number of rotatable bonds is 5. The van der Waals surface area contributed by atoms with Crippen LogP contribution in [0.3, 0.4) is 0 Å². The number of nitrogens with zero attached hydrogens (tertiary/aromatic N) is 5. The van der Waals surface area contributed by atoms with Crippen molar-refractivity contribution in [1.29, 1.82) is 0 Å². The van der Waals surface area contributed by atoms with Crippen molar-refractivity contribution in [1.82, 2.24) is 29.2 Å². The topological polar surface area (TPSA) is 78.8 Å². The van der Waals surface area contributed by atoms with Gasteiger partial charge in [0.15, 0.2) is 11.2 Å². The van der Waals surface area contributed by atoms with Crippen LogP contribution in [-0.4, -0.2) is 69.0 Å². The highest BCUT2D eigenvalue weighted by Gasteiger charge is 2.19. The van der Waals surface area contributed by atoms with Crippen LogP contribution in [0, 0.1) is 0 Å². The molecule has 1 N–H and O–H groups in total. The standard InChI is InChI=1S/C23H26N6O2/c1-3-31-18-9-5-4-8-17(18)21-25-22-20(23(30)26-21)24-19-10-6-7-16(29(19)22)15-28-13-11-27(2)12-14-28/h4-10H,3,11-15H2,1-2H3,(H,25,26,30). The number of nitrogens with one attached hydrogen (secondary N) is 1. The van der Waals surface area contributed by atoms with Gasteiger partial charge in [-0.1, -0.05) is 18.2 Å². The van der Waals surface area contributed by atoms with E-state index in [1.807, 2.05) is 47.7 Å². The molecule has 0 bridgehead atoms. The fourth-order valence-corrected chi connectivity index (χ4v) is 4.13. The van der Waals surface area contributed by atoms with E-state index in [0.29, 0.717) is 29.3 Å². The minimum absolute atomic E-state index is 0.249. The Labute approximate surface area is 180 Å². The minimum atomic E-state index is -0.249. The molecule has 8 nitrogen and oxygen atoms in total. The number of imidazole rings is 1. The number of aromatic amines is 1. The zero-order valence-electron chi connectivity index (χ0n) is 17.8. The van der Waals surface area contributed by atoms with Gasteiger partial charge in [-0.05, 0) is 38.2 Å². The third kappa shape index (κ3) is 3.68. The number of likely N-dealkylation sites (N-methyl/N-ethyl adjacent to an activating group) is 1. The summed E-state index contributed by atoms with van der Waals surface area (Å²) in [6.45, 7) is 7.39. The van der Waals surface area contributed by atoms with E-state index in [1.54, 1.807) is 0 Å². The van der Waals surface area contributed by atoms with Crippen molar-refractivity contribution in [3.63, 3.8) is 0 Å². The zero-order valence-corrected chi connectivity index (χ0v) is 17.8. The van der Waals surface area contributed by atoms with Gasteiger partial charge in [-0.3, -0.25) is 14.1 Å². The van der Waals surface area contributed by atoms with Gasteiger partial charge in [0.2, 0.25) is 0 Å². The molecular weight excluding hydrogens is 392 g/mol. The van der Waals surface area contributed by atoms with Crippen molar-refractivity contribution in [3.8, 4) is 17.1 Å². The molecule has 3 aromatic heterocycles. The van der Waals surface area contributed by atoms with Crippen LogP contribution >= 0.6 is 0 Å². The third-order valence-corrected chi connectivity index (χ3v) is 5.79. The Kier molecular flexibility index (Phi) is 5.17. The van der Waals surface area contributed by atoms with Crippen LogP contribution in [0.15, 0.2) is 47.3 Å². The molecule has 160 valence electrons. The van der Waals surface area contributed by atoms with Crippen molar-refractivity contribution >= 4 is 16.8 Å². The monoisotopic (exact) mass is 418 g/mol. The molecule has 1 aliphatic heterocycles. The van der Waals surface area contributed by atoms with E-state index in [0.717, 1.165) is 49.6 Å². The Balaban J connectivity index is 1.64. The maximum absolute atomic E-state index is 12.9. The number of para-hydroxylation sites is 1. The Morgan fingerprint density at radius 3 is 2.65 bits per heavy atom. The van der Waals surface area contributed by atoms with E-state index in [1.165, 1.54) is 0 Å². The molecule has 8 heteroatoms. The first-order valence-corrected chi connectivity index (χ1v) is 10.7. The van der Waals surface area contributed by atoms with E-state index in [4.69, 9.17) is 9.72 Å². The Hall–Kier alpha value is -3.23. The number of piperazine rings is 1. The number of hydrogen-bond acceptors (Lipinski definition) is 6. The average molecular weight is 419 g/mol. The molecule has 0 atom stereocenters. The number of ether oxygens (including phenoxy) is 1. The molecule has 4 heterocycles. The van der Waals surface area contributed by atoms with Crippen LogP contribution < -0.4 is 10.3 Å². The van der Waals surface area contributed by atoms with Gasteiger partial charge >= 0.3 is 0 Å². The second-order valence-electron chi connectivity index (χ2n) is 7.92. The summed E-state index contributed by atoms with van der Waals surface area (Å²) in [6, 6.07) is 13.6. The second kappa shape index (κ2) is 8.13. The van der Waals surface area contributed by atoms with E-state index < -0.39 is 0 Å². The molecule has 4 aromatic rings. The van der Waals surface area contributed by atoms with Crippen molar-refractivity contribution < 1.29 is 4.74 Å². The van der Waals surface area contributed by atoms with Crippen LogP contribution in [0.5, 0.6) is 5.75 Å². The van der Waals surface area contributed by atoms with Crippen LogP contribution in [0.2, 0.25) is 0 Å². The highest BCUT2D eigenvalue weighted by atomic mass is 16.5. The van der Waals surface area contributed by atoms with E-state index >= 15 is 0 Å². The van der Waals surface area contributed by atoms with Crippen LogP contribution in [0.1, 0.15) is 12.6 Å². The molecule has 0 spiro atoms. The molecule has 0 amide bonds. The normalized spacial score (nSPS) is 15.7. The van der Waals surface area contributed by atoms with Crippen LogP contribution in [0.25, 0.3) is 28.2 Å². The van der Waals surface area contributed by atoms with Gasteiger partial charge in [0.05, 0.1) is 12.2 Å². The second-order valence-corrected chi connectivity index (χ2v) is 7.92. The lowest BCUT2D eigenvalue weighted by Gasteiger charge is -2.32. The lowest BCUT2D eigenvalue weighted by molar-refractivity contribution is 0.146. The zero-order chi connectivity index (χ0) is 21.4. The predicted molar refractivity (Wildman–Crippen MR) is 120 cm³/mol. The molecule has 0 aliphatic carbocycles. The van der Waals surface area contributed by atoms with Crippen molar-refractivity contribution in [2.24, 2.45) is 0 Å². The maximum atomic E-state index is 12.9. The quantitative estimate of drug-likeness (QED) is 0.536. The summed E-state index contributed by atoms with van der Waals surface area (Å²) in [4.78, 5) is 30.0. The lowest BCUT2D eigenvalue weighted by Crippen LogP contribution is -2.44. The average Bonchev–Trinajstić information content (AvgIpc) is 3.16. The Morgan fingerprint density at radius 1 is 1.03 bits per heavy atom. The van der Waals surface area contributed by atoms with Gasteiger partial charge < -0.3 is 14.6 Å². The highest BCUT2D eigenvalue weighted by molar-refractivity contribution is 5.79. The summed E-state index contributed by atoms with van der Waals surface area (Å²) in [5.74, 6) is 1.18. The molecule has 1 aromatic carbocycles. The lowest BCUT2D eigenvalue weighted by atomic mass is 10.2. The van der Waals surface area contributed by atoms with Crippen molar-refractivity contribution in [3.05, 3.63) is 58.5 Å². The van der Waals surface area contributed by atoms with Crippen molar-refractivity contribution in [2.75, 3.05) is 39.8 Å². The molecule has 0 saturated carbocycles. The van der Waals surface area contributed by atoms with E-state index in [2.05, 4.69) is 32.9 Å². The van der Waals surface area contributed by atoms with Crippen LogP contribution in [0.4, 0.5) is 0 Å². The minimum Gasteiger partial charge on any atom is -0.493 e. The summed E-state index contributed by atoms with van der Waals surface area (Å²) in [5, 5.41) is 0. The maximum Gasteiger partial charge on any atom is 0.279 e. The first-order chi connectivity index (χ1) is 15.1. The smallest absolute Gasteiger partial charge is 0.279 e. The van der Waals surface area contributed by atoms with Gasteiger partial charge in [-0.15, -0.1) is 0 Å². The fraction of sp³-hybridized carbons (Fsp3) is 0.348. The fourth-order valence-electron chi connectivity index (χ4n) is 4.13. The number of aromatic nitrogens is 4. The van der Waals surface area contributed by atoms with Gasteiger partial charge in [0, 0.05) is 38.4 Å². The summed E-state index contributed by atoms with van der Waals surface area (Å²) in [5.41, 5.74) is 3.24. The van der Waals surface area contributed by atoms with E-state index in [-0.39, 0.29) is 5.56 Å². The predicted octanol–water partition coefficient (Wildman–Crippen LogP) is 2.38. The number of hydrogen-bond donors (Lipinski definition) is 1. The SMILES string of the molecule is CCOc1ccccc1-c1nc2c(nc3cccc(CN4CCN(C)CC4)n32)c(=O)[nH]1. The van der Waals surface area contributed by atoms with Gasteiger partial charge in [-0.25, -0.2) is 9.97 Å². The summed E-state index contributed by atoms with van der Waals surface area (Å²) in [6.07, 6.45) is 0. The molecule has 1 fully saturated rings. The number of pyridine rings is 1. The number of H-pyrrole nitrogens is 1. The first kappa shape index (κ1) is 19.7. The van der Waals surface area contributed by atoms with E-state index in [9.17, 15) is 4.79 Å². The number of fused-ring (bicyclic) bond motifs is 3.